The Morgan fingerprint density at radius 3 is 2.73 bits per heavy atom. The van der Waals surface area contributed by atoms with Gasteiger partial charge in [-0.25, -0.2) is 0 Å². The molecule has 15 heavy (non-hydrogen) atoms. The van der Waals surface area contributed by atoms with Crippen LogP contribution >= 0.6 is 11.8 Å². The second kappa shape index (κ2) is 4.18. The van der Waals surface area contributed by atoms with Crippen LogP contribution in [0.1, 0.15) is 30.9 Å². The smallest absolute Gasteiger partial charge is 0.0989 e. The largest absolute Gasteiger partial charge is 0.384 e. The Kier molecular flexibility index (Phi) is 3.08. The SMILES string of the molecule is Cc1ccccc1[C@]1(O)CC[C@@H](C)SC1. The number of hydrogen-bond donors (Lipinski definition) is 1. The molecule has 2 atom stereocenters. The van der Waals surface area contributed by atoms with E-state index in [0.717, 1.165) is 24.2 Å². The van der Waals surface area contributed by atoms with Crippen LogP contribution in [0.15, 0.2) is 24.3 Å². The third-order valence-electron chi connectivity index (χ3n) is 3.22. The lowest BCUT2D eigenvalue weighted by Crippen LogP contribution is -2.34. The Morgan fingerprint density at radius 1 is 1.40 bits per heavy atom. The maximum Gasteiger partial charge on any atom is 0.0989 e. The Morgan fingerprint density at radius 2 is 2.13 bits per heavy atom. The fourth-order valence-corrected chi connectivity index (χ4v) is 3.33. The zero-order valence-corrected chi connectivity index (χ0v) is 10.2. The van der Waals surface area contributed by atoms with E-state index in [2.05, 4.69) is 26.0 Å². The number of rotatable bonds is 1. The van der Waals surface area contributed by atoms with Gasteiger partial charge in [0.15, 0.2) is 0 Å². The molecule has 1 nitrogen and oxygen atoms in total. The molecule has 82 valence electrons. The molecule has 0 aromatic heterocycles. The van der Waals surface area contributed by atoms with Crippen molar-refractivity contribution in [3.63, 3.8) is 0 Å². The summed E-state index contributed by atoms with van der Waals surface area (Å²) in [5.74, 6) is 0.832. The monoisotopic (exact) mass is 222 g/mol. The zero-order valence-electron chi connectivity index (χ0n) is 9.36. The van der Waals surface area contributed by atoms with Gasteiger partial charge >= 0.3 is 0 Å². The second-order valence-corrected chi connectivity index (χ2v) is 5.93. The lowest BCUT2D eigenvalue weighted by atomic mass is 9.87. The average Bonchev–Trinajstić information content (AvgIpc) is 2.23. The van der Waals surface area contributed by atoms with Crippen LogP contribution in [-0.2, 0) is 5.60 Å². The summed E-state index contributed by atoms with van der Waals surface area (Å²) in [5.41, 5.74) is 1.72. The third-order valence-corrected chi connectivity index (χ3v) is 4.67. The van der Waals surface area contributed by atoms with Gasteiger partial charge in [-0.1, -0.05) is 31.2 Å². The first-order valence-corrected chi connectivity index (χ1v) is 6.57. The van der Waals surface area contributed by atoms with Gasteiger partial charge < -0.3 is 5.11 Å². The van der Waals surface area contributed by atoms with Crippen molar-refractivity contribution in [3.05, 3.63) is 35.4 Å². The van der Waals surface area contributed by atoms with Gasteiger partial charge in [-0.15, -0.1) is 0 Å². The van der Waals surface area contributed by atoms with Gasteiger partial charge in [0.2, 0.25) is 0 Å². The van der Waals surface area contributed by atoms with E-state index in [4.69, 9.17) is 0 Å². The quantitative estimate of drug-likeness (QED) is 0.788. The maximum absolute atomic E-state index is 10.6. The molecular formula is C13H18OS. The highest BCUT2D eigenvalue weighted by Gasteiger charge is 2.34. The molecule has 1 aliphatic rings. The lowest BCUT2D eigenvalue weighted by Gasteiger charge is -2.35. The molecule has 2 heteroatoms. The minimum absolute atomic E-state index is 0.595. The van der Waals surface area contributed by atoms with E-state index in [-0.39, 0.29) is 0 Å². The van der Waals surface area contributed by atoms with Gasteiger partial charge in [0.1, 0.15) is 0 Å². The molecule has 1 aliphatic heterocycles. The highest BCUT2D eigenvalue weighted by molar-refractivity contribution is 8.00. The summed E-state index contributed by atoms with van der Waals surface area (Å²) < 4.78 is 0. The Balaban J connectivity index is 2.26. The second-order valence-electron chi connectivity index (χ2n) is 4.51. The maximum atomic E-state index is 10.6. The molecule has 1 saturated heterocycles. The highest BCUT2D eigenvalue weighted by atomic mass is 32.2. The summed E-state index contributed by atoms with van der Waals surface area (Å²) in [6.45, 7) is 4.32. The van der Waals surface area contributed by atoms with Crippen molar-refractivity contribution in [1.29, 1.82) is 0 Å². The lowest BCUT2D eigenvalue weighted by molar-refractivity contribution is 0.0465. The van der Waals surface area contributed by atoms with E-state index in [1.165, 1.54) is 5.56 Å². The van der Waals surface area contributed by atoms with Crippen LogP contribution in [0.5, 0.6) is 0 Å². The molecular weight excluding hydrogens is 204 g/mol. The van der Waals surface area contributed by atoms with Crippen molar-refractivity contribution in [1.82, 2.24) is 0 Å². The van der Waals surface area contributed by atoms with Crippen molar-refractivity contribution in [3.8, 4) is 0 Å². The number of thioether (sulfide) groups is 1. The Labute approximate surface area is 95.9 Å². The summed E-state index contributed by atoms with van der Waals surface area (Å²) in [6, 6.07) is 8.19. The predicted octanol–water partition coefficient (Wildman–Crippen LogP) is 3.10. The molecule has 1 aromatic rings. The number of aryl methyl sites for hydroxylation is 1. The summed E-state index contributed by atoms with van der Waals surface area (Å²) in [5, 5.41) is 11.3. The number of aliphatic hydroxyl groups is 1. The molecule has 0 aliphatic carbocycles. The van der Waals surface area contributed by atoms with Crippen molar-refractivity contribution in [2.24, 2.45) is 0 Å². The summed E-state index contributed by atoms with van der Waals surface area (Å²) in [4.78, 5) is 0. The van der Waals surface area contributed by atoms with E-state index in [9.17, 15) is 5.11 Å². The zero-order chi connectivity index (χ0) is 10.9. The first-order chi connectivity index (χ1) is 7.12. The van der Waals surface area contributed by atoms with E-state index >= 15 is 0 Å². The van der Waals surface area contributed by atoms with Crippen LogP contribution in [0.3, 0.4) is 0 Å². The molecule has 0 unspecified atom stereocenters. The van der Waals surface area contributed by atoms with Crippen LogP contribution in [0, 0.1) is 6.92 Å². The summed E-state index contributed by atoms with van der Waals surface area (Å²) >= 11 is 1.88. The van der Waals surface area contributed by atoms with E-state index in [1.54, 1.807) is 0 Å². The van der Waals surface area contributed by atoms with Crippen LogP contribution in [-0.4, -0.2) is 16.1 Å². The van der Waals surface area contributed by atoms with E-state index in [0.29, 0.717) is 5.25 Å². The summed E-state index contributed by atoms with van der Waals surface area (Å²) in [7, 11) is 0. The van der Waals surface area contributed by atoms with Crippen molar-refractivity contribution in [2.75, 3.05) is 5.75 Å². The van der Waals surface area contributed by atoms with E-state index in [1.807, 2.05) is 23.9 Å². The molecule has 1 heterocycles. The third kappa shape index (κ3) is 2.21. The Hall–Kier alpha value is -0.470. The Bertz CT molecular complexity index is 340. The predicted molar refractivity (Wildman–Crippen MR) is 66.2 cm³/mol. The molecule has 1 N–H and O–H groups in total. The summed E-state index contributed by atoms with van der Waals surface area (Å²) in [6.07, 6.45) is 2.00. The standard InChI is InChI=1S/C13H18OS/c1-10-5-3-4-6-12(10)13(14)8-7-11(2)15-9-13/h3-6,11,14H,7-9H2,1-2H3/t11-,13+/m1/s1. The normalized spacial score (nSPS) is 31.5. The van der Waals surface area contributed by atoms with Crippen molar-refractivity contribution >= 4 is 11.8 Å². The van der Waals surface area contributed by atoms with Crippen LogP contribution in [0.25, 0.3) is 0 Å². The van der Waals surface area contributed by atoms with E-state index < -0.39 is 5.60 Å². The van der Waals surface area contributed by atoms with Gasteiger partial charge in [0.05, 0.1) is 5.60 Å². The minimum Gasteiger partial charge on any atom is -0.384 e. The number of hydrogen-bond acceptors (Lipinski definition) is 2. The first kappa shape index (κ1) is 11.0. The fourth-order valence-electron chi connectivity index (χ4n) is 2.19. The van der Waals surface area contributed by atoms with Gasteiger partial charge in [-0.3, -0.25) is 0 Å². The van der Waals surface area contributed by atoms with Crippen LogP contribution < -0.4 is 0 Å². The molecule has 2 rings (SSSR count). The van der Waals surface area contributed by atoms with Gasteiger partial charge in [0, 0.05) is 11.0 Å². The number of benzene rings is 1. The molecule has 0 spiro atoms. The molecule has 0 amide bonds. The fraction of sp³-hybridized carbons (Fsp3) is 0.538. The first-order valence-electron chi connectivity index (χ1n) is 5.52. The van der Waals surface area contributed by atoms with Gasteiger partial charge in [-0.05, 0) is 30.9 Å². The molecule has 0 radical (unpaired) electrons. The van der Waals surface area contributed by atoms with Crippen LogP contribution in [0.2, 0.25) is 0 Å². The van der Waals surface area contributed by atoms with Crippen LogP contribution in [0.4, 0.5) is 0 Å². The molecule has 1 fully saturated rings. The molecule has 0 saturated carbocycles. The molecule has 0 bridgehead atoms. The highest BCUT2D eigenvalue weighted by Crippen LogP contribution is 2.39. The topological polar surface area (TPSA) is 20.2 Å². The molecule has 1 aromatic carbocycles. The van der Waals surface area contributed by atoms with Gasteiger partial charge in [-0.2, -0.15) is 11.8 Å². The minimum atomic E-state index is -0.595. The van der Waals surface area contributed by atoms with Crippen molar-refractivity contribution < 1.29 is 5.11 Å². The average molecular weight is 222 g/mol. The van der Waals surface area contributed by atoms with Crippen molar-refractivity contribution in [2.45, 2.75) is 37.5 Å². The van der Waals surface area contributed by atoms with Gasteiger partial charge in [0.25, 0.3) is 0 Å².